The number of nitrogens with one attached hydrogen (secondary N) is 1. The monoisotopic (exact) mass is 273 g/mol. The number of nitrogens with zero attached hydrogens (tertiary/aromatic N) is 2. The molecule has 0 spiro atoms. The van der Waals surface area contributed by atoms with Gasteiger partial charge in [0.15, 0.2) is 0 Å². The molecule has 1 aromatic heterocycles. The van der Waals surface area contributed by atoms with Gasteiger partial charge in [-0.3, -0.25) is 4.68 Å². The molecule has 0 bridgehead atoms. The lowest BCUT2D eigenvalue weighted by molar-refractivity contribution is 0.579. The second-order valence-corrected chi connectivity index (χ2v) is 6.36. The van der Waals surface area contributed by atoms with Crippen molar-refractivity contribution < 1.29 is 0 Å². The molecule has 4 heteroatoms. The van der Waals surface area contributed by atoms with Crippen molar-refractivity contribution >= 4 is 11.8 Å². The Morgan fingerprint density at radius 2 is 2.26 bits per heavy atom. The van der Waals surface area contributed by atoms with Crippen LogP contribution >= 0.6 is 11.8 Å². The second-order valence-electron chi connectivity index (χ2n) is 5.02. The van der Waals surface area contributed by atoms with Gasteiger partial charge < -0.3 is 5.32 Å². The molecule has 1 unspecified atom stereocenters. The molecule has 0 fully saturated rings. The summed E-state index contributed by atoms with van der Waals surface area (Å²) < 4.78 is 2.15. The number of rotatable bonds is 4. The summed E-state index contributed by atoms with van der Waals surface area (Å²) in [6.07, 6.45) is 3.14. The fourth-order valence-electron chi connectivity index (χ4n) is 2.58. The Balaban J connectivity index is 1.71. The van der Waals surface area contributed by atoms with Gasteiger partial charge in [0.2, 0.25) is 0 Å². The van der Waals surface area contributed by atoms with E-state index in [2.05, 4.69) is 46.3 Å². The summed E-state index contributed by atoms with van der Waals surface area (Å²) in [4.78, 5) is 1.44. The van der Waals surface area contributed by atoms with Gasteiger partial charge in [0.1, 0.15) is 0 Å². The van der Waals surface area contributed by atoms with Gasteiger partial charge in [0.25, 0.3) is 0 Å². The third kappa shape index (κ3) is 2.55. The first-order valence-electron chi connectivity index (χ1n) is 6.68. The van der Waals surface area contributed by atoms with Crippen molar-refractivity contribution in [2.45, 2.75) is 36.6 Å². The molecule has 3 nitrogen and oxygen atoms in total. The zero-order valence-corrected chi connectivity index (χ0v) is 12.2. The van der Waals surface area contributed by atoms with Crippen molar-refractivity contribution in [3.8, 4) is 0 Å². The normalized spacial score (nSPS) is 17.7. The predicted molar refractivity (Wildman–Crippen MR) is 79.5 cm³/mol. The number of hydrogen-bond acceptors (Lipinski definition) is 3. The van der Waals surface area contributed by atoms with Crippen LogP contribution in [0.5, 0.6) is 0 Å². The maximum Gasteiger partial charge on any atom is 0.0538 e. The molecule has 1 atom stereocenters. The van der Waals surface area contributed by atoms with E-state index in [9.17, 15) is 0 Å². The lowest BCUT2D eigenvalue weighted by Gasteiger charge is -2.11. The highest BCUT2D eigenvalue weighted by molar-refractivity contribution is 8.00. The standard InChI is InChI=1S/C15H19N3S/c1-11-13(8-16-2)9-17-18(11)10-14-7-12-5-3-4-6-15(12)19-14/h3-6,9,14,16H,7-8,10H2,1-2H3. The van der Waals surface area contributed by atoms with Crippen molar-refractivity contribution in [2.24, 2.45) is 0 Å². The van der Waals surface area contributed by atoms with Gasteiger partial charge in [-0.15, -0.1) is 11.8 Å². The van der Waals surface area contributed by atoms with Crippen molar-refractivity contribution in [2.75, 3.05) is 7.05 Å². The van der Waals surface area contributed by atoms with Gasteiger partial charge in [-0.05, 0) is 32.0 Å². The first-order valence-corrected chi connectivity index (χ1v) is 7.56. The van der Waals surface area contributed by atoms with Crippen LogP contribution in [0.25, 0.3) is 0 Å². The van der Waals surface area contributed by atoms with Crippen molar-refractivity contribution in [1.29, 1.82) is 0 Å². The molecule has 1 N–H and O–H groups in total. The summed E-state index contributed by atoms with van der Waals surface area (Å²) in [6, 6.07) is 8.72. The van der Waals surface area contributed by atoms with Crippen LogP contribution in [-0.4, -0.2) is 22.1 Å². The van der Waals surface area contributed by atoms with E-state index in [1.165, 1.54) is 21.7 Å². The van der Waals surface area contributed by atoms with Crippen LogP contribution in [0.1, 0.15) is 16.8 Å². The topological polar surface area (TPSA) is 29.9 Å². The Morgan fingerprint density at radius 3 is 3.05 bits per heavy atom. The fraction of sp³-hybridized carbons (Fsp3) is 0.400. The Kier molecular flexibility index (Phi) is 3.62. The van der Waals surface area contributed by atoms with E-state index in [0.29, 0.717) is 5.25 Å². The average Bonchev–Trinajstić information content (AvgIpc) is 2.96. The number of thioether (sulfide) groups is 1. The summed E-state index contributed by atoms with van der Waals surface area (Å²) >= 11 is 1.99. The molecule has 0 aliphatic carbocycles. The summed E-state index contributed by atoms with van der Waals surface area (Å²) in [5, 5.41) is 8.32. The highest BCUT2D eigenvalue weighted by atomic mass is 32.2. The summed E-state index contributed by atoms with van der Waals surface area (Å²) in [6.45, 7) is 4.05. The van der Waals surface area contributed by atoms with E-state index in [4.69, 9.17) is 0 Å². The minimum Gasteiger partial charge on any atom is -0.316 e. The molecule has 2 heterocycles. The quantitative estimate of drug-likeness (QED) is 0.928. The third-order valence-corrected chi connectivity index (χ3v) is 4.96. The Hall–Kier alpha value is -1.26. The van der Waals surface area contributed by atoms with Gasteiger partial charge >= 0.3 is 0 Å². The Labute approximate surface area is 118 Å². The minimum absolute atomic E-state index is 0.610. The molecule has 0 radical (unpaired) electrons. The number of aromatic nitrogens is 2. The van der Waals surface area contributed by atoms with Crippen molar-refractivity contribution in [3.05, 3.63) is 47.3 Å². The minimum atomic E-state index is 0.610. The van der Waals surface area contributed by atoms with Crippen LogP contribution in [0, 0.1) is 6.92 Å². The van der Waals surface area contributed by atoms with Gasteiger partial charge in [0, 0.05) is 27.9 Å². The van der Waals surface area contributed by atoms with Gasteiger partial charge in [-0.2, -0.15) is 5.10 Å². The average molecular weight is 273 g/mol. The van der Waals surface area contributed by atoms with Crippen molar-refractivity contribution in [3.63, 3.8) is 0 Å². The number of hydrogen-bond donors (Lipinski definition) is 1. The predicted octanol–water partition coefficient (Wildman–Crippen LogP) is 2.63. The van der Waals surface area contributed by atoms with Gasteiger partial charge in [-0.25, -0.2) is 0 Å². The van der Waals surface area contributed by atoms with E-state index in [1.54, 1.807) is 0 Å². The number of benzene rings is 1. The van der Waals surface area contributed by atoms with Crippen molar-refractivity contribution in [1.82, 2.24) is 15.1 Å². The summed E-state index contributed by atoms with van der Waals surface area (Å²) in [7, 11) is 1.97. The van der Waals surface area contributed by atoms with Crippen LogP contribution in [0.2, 0.25) is 0 Å². The first-order chi connectivity index (χ1) is 9.28. The molecule has 1 aliphatic rings. The van der Waals surface area contributed by atoms with Crippen LogP contribution in [0.4, 0.5) is 0 Å². The molecule has 3 rings (SSSR count). The molecule has 0 saturated heterocycles. The summed E-state index contributed by atoms with van der Waals surface area (Å²) in [5.74, 6) is 0. The molecule has 2 aromatic rings. The molecular formula is C15H19N3S. The number of fused-ring (bicyclic) bond motifs is 1. The highest BCUT2D eigenvalue weighted by Crippen LogP contribution is 2.37. The molecule has 100 valence electrons. The SMILES string of the molecule is CNCc1cnn(CC2Cc3ccccc3S2)c1C. The smallest absolute Gasteiger partial charge is 0.0538 e. The van der Waals surface area contributed by atoms with Crippen LogP contribution in [0.3, 0.4) is 0 Å². The molecule has 0 amide bonds. The van der Waals surface area contributed by atoms with E-state index in [0.717, 1.165) is 19.5 Å². The zero-order valence-electron chi connectivity index (χ0n) is 11.4. The maximum atomic E-state index is 4.52. The van der Waals surface area contributed by atoms with Crippen LogP contribution < -0.4 is 5.32 Å². The Bertz CT molecular complexity index is 552. The van der Waals surface area contributed by atoms with E-state index in [1.807, 2.05) is 25.0 Å². The van der Waals surface area contributed by atoms with Crippen LogP contribution in [0.15, 0.2) is 35.4 Å². The molecule has 19 heavy (non-hydrogen) atoms. The Morgan fingerprint density at radius 1 is 1.42 bits per heavy atom. The summed E-state index contributed by atoms with van der Waals surface area (Å²) in [5.41, 5.74) is 4.06. The molecule has 1 aromatic carbocycles. The second kappa shape index (κ2) is 5.39. The molecular weight excluding hydrogens is 254 g/mol. The highest BCUT2D eigenvalue weighted by Gasteiger charge is 2.23. The van der Waals surface area contributed by atoms with E-state index < -0.39 is 0 Å². The maximum absolute atomic E-state index is 4.52. The van der Waals surface area contributed by atoms with Gasteiger partial charge in [-0.1, -0.05) is 18.2 Å². The molecule has 0 saturated carbocycles. The third-order valence-electron chi connectivity index (χ3n) is 3.66. The van der Waals surface area contributed by atoms with Gasteiger partial charge in [0.05, 0.1) is 12.7 Å². The fourth-order valence-corrected chi connectivity index (χ4v) is 3.88. The first kappa shape index (κ1) is 12.8. The van der Waals surface area contributed by atoms with Crippen LogP contribution in [-0.2, 0) is 19.5 Å². The zero-order chi connectivity index (χ0) is 13.2. The van der Waals surface area contributed by atoms with E-state index in [-0.39, 0.29) is 0 Å². The lowest BCUT2D eigenvalue weighted by atomic mass is 10.1. The molecule has 1 aliphatic heterocycles. The van der Waals surface area contributed by atoms with E-state index >= 15 is 0 Å². The lowest BCUT2D eigenvalue weighted by Crippen LogP contribution is -2.15. The largest absolute Gasteiger partial charge is 0.316 e.